The number of rotatable bonds is 1. The Bertz CT molecular complexity index is 782. The number of H-pyrrole nitrogens is 2. The Kier molecular flexibility index (Phi) is 2.31. The molecule has 0 fully saturated rings. The van der Waals surface area contributed by atoms with E-state index in [1.54, 1.807) is 24.3 Å². The summed E-state index contributed by atoms with van der Waals surface area (Å²) < 4.78 is 1.46. The quantitative estimate of drug-likeness (QED) is 0.688. The molecule has 90 valence electrons. The topological polar surface area (TPSA) is 83.5 Å². The number of fused-ring (bicyclic) bond motifs is 1. The maximum Gasteiger partial charge on any atom is 0.291 e. The van der Waals surface area contributed by atoms with E-state index >= 15 is 0 Å². The van der Waals surface area contributed by atoms with Crippen molar-refractivity contribution in [1.82, 2.24) is 20.0 Å². The van der Waals surface area contributed by atoms with Gasteiger partial charge in [-0.05, 0) is 24.3 Å². The van der Waals surface area contributed by atoms with Gasteiger partial charge >= 0.3 is 0 Å². The van der Waals surface area contributed by atoms with E-state index in [1.165, 1.54) is 10.9 Å². The summed E-state index contributed by atoms with van der Waals surface area (Å²) in [4.78, 5) is 23.0. The van der Waals surface area contributed by atoms with Gasteiger partial charge < -0.3 is 0 Å². The molecule has 0 aliphatic carbocycles. The van der Waals surface area contributed by atoms with E-state index in [1.807, 2.05) is 0 Å². The van der Waals surface area contributed by atoms with E-state index in [-0.39, 0.29) is 16.5 Å². The van der Waals surface area contributed by atoms with Crippen molar-refractivity contribution in [3.63, 3.8) is 0 Å². The van der Waals surface area contributed by atoms with Crippen molar-refractivity contribution in [3.8, 4) is 5.69 Å². The highest BCUT2D eigenvalue weighted by Crippen LogP contribution is 2.14. The Morgan fingerprint density at radius 3 is 2.39 bits per heavy atom. The first-order chi connectivity index (χ1) is 8.65. The van der Waals surface area contributed by atoms with Gasteiger partial charge in [0, 0.05) is 11.2 Å². The van der Waals surface area contributed by atoms with Gasteiger partial charge in [0.2, 0.25) is 0 Å². The highest BCUT2D eigenvalue weighted by molar-refractivity contribution is 6.30. The van der Waals surface area contributed by atoms with Gasteiger partial charge in [-0.3, -0.25) is 19.8 Å². The molecule has 2 heterocycles. The van der Waals surface area contributed by atoms with Crippen LogP contribution in [0.5, 0.6) is 0 Å². The summed E-state index contributed by atoms with van der Waals surface area (Å²) in [7, 11) is 0. The van der Waals surface area contributed by atoms with E-state index < -0.39 is 5.56 Å². The van der Waals surface area contributed by atoms with E-state index in [2.05, 4.69) is 15.3 Å². The van der Waals surface area contributed by atoms with Crippen LogP contribution in [-0.2, 0) is 0 Å². The summed E-state index contributed by atoms with van der Waals surface area (Å²) in [6.45, 7) is 0. The smallest absolute Gasteiger partial charge is 0.267 e. The standard InChI is InChI=1S/C11H7ClN4O2/c12-6-1-3-7(4-2-6)16-5-8-9(15-16)11(18)14-13-10(8)17/h1-5H,(H,13,17)(H,14,18). The lowest BCUT2D eigenvalue weighted by atomic mass is 10.3. The van der Waals surface area contributed by atoms with Crippen LogP contribution in [0.4, 0.5) is 0 Å². The second-order valence-electron chi connectivity index (χ2n) is 3.72. The fourth-order valence-electron chi connectivity index (χ4n) is 1.67. The van der Waals surface area contributed by atoms with Gasteiger partial charge in [0.05, 0.1) is 11.1 Å². The molecule has 0 radical (unpaired) electrons. The van der Waals surface area contributed by atoms with Crippen molar-refractivity contribution in [1.29, 1.82) is 0 Å². The first-order valence-corrected chi connectivity index (χ1v) is 5.49. The van der Waals surface area contributed by atoms with Gasteiger partial charge in [-0.2, -0.15) is 5.10 Å². The van der Waals surface area contributed by atoms with Crippen LogP contribution in [0.3, 0.4) is 0 Å². The number of aromatic amines is 2. The molecule has 3 aromatic rings. The SMILES string of the molecule is O=c1[nH][nH]c(=O)c2nn(-c3ccc(Cl)cc3)cc12. The van der Waals surface area contributed by atoms with E-state index in [0.717, 1.165) is 5.69 Å². The second-order valence-corrected chi connectivity index (χ2v) is 4.16. The molecule has 0 saturated heterocycles. The van der Waals surface area contributed by atoms with Gasteiger partial charge in [-0.1, -0.05) is 11.6 Å². The normalized spacial score (nSPS) is 10.9. The molecule has 0 spiro atoms. The number of benzene rings is 1. The minimum absolute atomic E-state index is 0.105. The molecule has 0 amide bonds. The van der Waals surface area contributed by atoms with Crippen LogP contribution in [0.2, 0.25) is 5.02 Å². The molecule has 18 heavy (non-hydrogen) atoms. The third-order valence-corrected chi connectivity index (χ3v) is 2.81. The molecule has 3 rings (SSSR count). The lowest BCUT2D eigenvalue weighted by Gasteiger charge is -1.99. The number of aromatic nitrogens is 4. The molecule has 7 heteroatoms. The largest absolute Gasteiger partial charge is 0.291 e. The van der Waals surface area contributed by atoms with Crippen molar-refractivity contribution in [2.75, 3.05) is 0 Å². The van der Waals surface area contributed by atoms with E-state index in [4.69, 9.17) is 11.6 Å². The number of halogens is 1. The molecule has 0 atom stereocenters. The fourth-order valence-corrected chi connectivity index (χ4v) is 1.80. The Labute approximate surface area is 105 Å². The maximum atomic E-state index is 11.5. The molecule has 0 aliphatic rings. The predicted molar refractivity (Wildman–Crippen MR) is 67.3 cm³/mol. The Morgan fingerprint density at radius 2 is 1.72 bits per heavy atom. The van der Waals surface area contributed by atoms with E-state index in [0.29, 0.717) is 5.02 Å². The number of hydrogen-bond donors (Lipinski definition) is 2. The van der Waals surface area contributed by atoms with Crippen LogP contribution >= 0.6 is 11.6 Å². The third kappa shape index (κ3) is 1.63. The average molecular weight is 263 g/mol. The molecular weight excluding hydrogens is 256 g/mol. The summed E-state index contributed by atoms with van der Waals surface area (Å²) in [5, 5.41) is 9.41. The molecule has 6 nitrogen and oxygen atoms in total. The van der Waals surface area contributed by atoms with Crippen LogP contribution < -0.4 is 11.1 Å². The highest BCUT2D eigenvalue weighted by Gasteiger charge is 2.09. The van der Waals surface area contributed by atoms with Gasteiger partial charge in [0.25, 0.3) is 11.1 Å². The van der Waals surface area contributed by atoms with Crippen molar-refractivity contribution in [2.45, 2.75) is 0 Å². The first kappa shape index (κ1) is 10.8. The minimum atomic E-state index is -0.433. The first-order valence-electron chi connectivity index (χ1n) is 5.11. The number of nitrogens with one attached hydrogen (secondary N) is 2. The molecule has 2 aromatic heterocycles. The van der Waals surface area contributed by atoms with Crippen LogP contribution in [0.15, 0.2) is 40.1 Å². The van der Waals surface area contributed by atoms with Crippen LogP contribution in [0, 0.1) is 0 Å². The van der Waals surface area contributed by atoms with Gasteiger partial charge in [-0.25, -0.2) is 4.68 Å². The second kappa shape index (κ2) is 3.85. The molecule has 1 aromatic carbocycles. The number of hydrogen-bond acceptors (Lipinski definition) is 3. The van der Waals surface area contributed by atoms with Gasteiger partial charge in [-0.15, -0.1) is 0 Å². The summed E-state index contributed by atoms with van der Waals surface area (Å²) in [5.41, 5.74) is 0.00484. The van der Waals surface area contributed by atoms with Crippen molar-refractivity contribution in [2.24, 2.45) is 0 Å². The number of nitrogens with zero attached hydrogens (tertiary/aromatic N) is 2. The summed E-state index contributed by atoms with van der Waals surface area (Å²) in [6.07, 6.45) is 1.51. The highest BCUT2D eigenvalue weighted by atomic mass is 35.5. The van der Waals surface area contributed by atoms with Crippen molar-refractivity contribution < 1.29 is 0 Å². The zero-order chi connectivity index (χ0) is 12.7. The Balaban J connectivity index is 2.29. The van der Waals surface area contributed by atoms with Gasteiger partial charge in [0.15, 0.2) is 5.52 Å². The monoisotopic (exact) mass is 262 g/mol. The average Bonchev–Trinajstić information content (AvgIpc) is 2.81. The summed E-state index contributed by atoms with van der Waals surface area (Å²) in [5.74, 6) is 0. The van der Waals surface area contributed by atoms with Crippen molar-refractivity contribution in [3.05, 3.63) is 56.2 Å². The summed E-state index contributed by atoms with van der Waals surface area (Å²) >= 11 is 5.79. The molecule has 0 saturated carbocycles. The third-order valence-electron chi connectivity index (χ3n) is 2.55. The zero-order valence-corrected chi connectivity index (χ0v) is 9.73. The van der Waals surface area contributed by atoms with Crippen LogP contribution in [0.25, 0.3) is 16.6 Å². The lowest BCUT2D eigenvalue weighted by Crippen LogP contribution is -2.18. The Morgan fingerprint density at radius 1 is 1.06 bits per heavy atom. The minimum Gasteiger partial charge on any atom is -0.267 e. The summed E-state index contributed by atoms with van der Waals surface area (Å²) in [6, 6.07) is 6.91. The van der Waals surface area contributed by atoms with E-state index in [9.17, 15) is 9.59 Å². The van der Waals surface area contributed by atoms with Gasteiger partial charge in [0.1, 0.15) is 0 Å². The molecular formula is C11H7ClN4O2. The Hall–Kier alpha value is -2.34. The fraction of sp³-hybridized carbons (Fsp3) is 0. The molecule has 2 N–H and O–H groups in total. The predicted octanol–water partition coefficient (Wildman–Crippen LogP) is 1.06. The van der Waals surface area contributed by atoms with Crippen LogP contribution in [0.1, 0.15) is 0 Å². The van der Waals surface area contributed by atoms with Crippen molar-refractivity contribution >= 4 is 22.5 Å². The lowest BCUT2D eigenvalue weighted by molar-refractivity contribution is 0.890. The maximum absolute atomic E-state index is 11.5. The van der Waals surface area contributed by atoms with Crippen LogP contribution in [-0.4, -0.2) is 20.0 Å². The molecule has 0 unspecified atom stereocenters. The molecule has 0 aliphatic heterocycles. The molecule has 0 bridgehead atoms. The zero-order valence-electron chi connectivity index (χ0n) is 8.98.